The maximum atomic E-state index is 14.6. The van der Waals surface area contributed by atoms with Crippen molar-refractivity contribution in [1.82, 2.24) is 21.1 Å². The molecule has 1 unspecified atom stereocenters. The number of carboxylic acid groups (broad SMARTS) is 1. The lowest BCUT2D eigenvalue weighted by molar-refractivity contribution is -0.176. The second-order valence-electron chi connectivity index (χ2n) is 20.0. The van der Waals surface area contributed by atoms with E-state index in [1.807, 2.05) is 4.90 Å². The highest BCUT2D eigenvalue weighted by Gasteiger charge is 2.64. The lowest BCUT2D eigenvalue weighted by Crippen LogP contribution is -2.65. The number of hydrogen-bond donors (Lipinski definition) is 4. The molecule has 4 N–H and O–H groups in total. The van der Waals surface area contributed by atoms with E-state index in [1.54, 1.807) is 0 Å². The highest BCUT2D eigenvalue weighted by atomic mass is 16.6. The van der Waals surface area contributed by atoms with Gasteiger partial charge in [-0.2, -0.15) is 0 Å². The van der Waals surface area contributed by atoms with E-state index in [0.29, 0.717) is 19.3 Å². The van der Waals surface area contributed by atoms with Gasteiger partial charge in [0.1, 0.15) is 5.72 Å². The molecule has 0 aromatic rings. The molecule has 0 radical (unpaired) electrons. The van der Waals surface area contributed by atoms with E-state index in [1.165, 1.54) is 122 Å². The predicted molar refractivity (Wildman–Crippen MR) is 235 cm³/mol. The molecule has 58 heavy (non-hydrogen) atoms. The first kappa shape index (κ1) is 50.2. The van der Waals surface area contributed by atoms with Gasteiger partial charge in [0.05, 0.1) is 5.92 Å². The van der Waals surface area contributed by atoms with E-state index in [9.17, 15) is 24.3 Å². The van der Waals surface area contributed by atoms with Crippen molar-refractivity contribution in [3.8, 4) is 0 Å². The fourth-order valence-corrected chi connectivity index (χ4v) is 10.6. The molecule has 2 aliphatic heterocycles. The van der Waals surface area contributed by atoms with Gasteiger partial charge in [-0.3, -0.25) is 30.0 Å². The molecule has 2 spiro atoms. The number of aliphatic carboxylic acids is 1. The smallest absolute Gasteiger partial charge is 0.307 e. The minimum absolute atomic E-state index is 0.0137. The zero-order valence-electron chi connectivity index (χ0n) is 38.1. The topological polar surface area (TPSA) is 137 Å². The van der Waals surface area contributed by atoms with E-state index in [0.717, 1.165) is 57.8 Å². The van der Waals surface area contributed by atoms with Crippen molar-refractivity contribution >= 4 is 23.7 Å². The average Bonchev–Trinajstić information content (AvgIpc) is 3.35. The quantitative estimate of drug-likeness (QED) is 0.0562. The second kappa shape index (κ2) is 26.2. The minimum Gasteiger partial charge on any atom is -0.481 e. The number of carbonyl (C=O) groups is 4. The van der Waals surface area contributed by atoms with Gasteiger partial charge in [0.2, 0.25) is 11.8 Å². The summed E-state index contributed by atoms with van der Waals surface area (Å²) in [5.41, 5.74) is 2.65. The summed E-state index contributed by atoms with van der Waals surface area (Å²) in [6.07, 6.45) is 34.7. The fourth-order valence-electron chi connectivity index (χ4n) is 10.6. The Labute approximate surface area is 354 Å². The maximum absolute atomic E-state index is 14.6. The van der Waals surface area contributed by atoms with E-state index >= 15 is 0 Å². The fraction of sp³-hybridized carbons (Fsp3) is 0.917. The number of piperidine rings is 1. The Bertz CT molecular complexity index is 1190. The molecule has 0 aromatic heterocycles. The molecule has 1 saturated carbocycles. The van der Waals surface area contributed by atoms with Crippen LogP contribution >= 0.6 is 0 Å². The summed E-state index contributed by atoms with van der Waals surface area (Å²) in [5, 5.41) is 13.5. The van der Waals surface area contributed by atoms with Gasteiger partial charge in [0.25, 0.3) is 5.91 Å². The van der Waals surface area contributed by atoms with Gasteiger partial charge in [-0.1, -0.05) is 161 Å². The van der Waals surface area contributed by atoms with Gasteiger partial charge < -0.3 is 20.1 Å². The first-order valence-electron chi connectivity index (χ1n) is 24.4. The Morgan fingerprint density at radius 1 is 0.655 bits per heavy atom. The zero-order valence-corrected chi connectivity index (χ0v) is 38.1. The van der Waals surface area contributed by atoms with Gasteiger partial charge in [0, 0.05) is 43.3 Å². The molecule has 3 amide bonds. The van der Waals surface area contributed by atoms with Crippen molar-refractivity contribution in [2.24, 2.45) is 5.92 Å². The summed E-state index contributed by atoms with van der Waals surface area (Å²) in [5.74, 6) is -2.71. The number of ether oxygens (including phenoxy) is 1. The lowest BCUT2D eigenvalue weighted by atomic mass is 9.72. The second-order valence-corrected chi connectivity index (χ2v) is 20.0. The van der Waals surface area contributed by atoms with Gasteiger partial charge in [-0.15, -0.1) is 0 Å². The number of nitrogens with zero attached hydrogens (tertiary/aromatic N) is 1. The molecule has 2 heterocycles. The van der Waals surface area contributed by atoms with Crippen LogP contribution in [0.2, 0.25) is 0 Å². The molecule has 336 valence electrons. The summed E-state index contributed by atoms with van der Waals surface area (Å²) in [4.78, 5) is 54.6. The molecule has 1 aliphatic carbocycles. The Kier molecular flexibility index (Phi) is 22.7. The number of unbranched alkanes of at least 4 members (excludes halogenated alkanes) is 16. The summed E-state index contributed by atoms with van der Waals surface area (Å²) < 4.78 is 7.19. The molecule has 10 nitrogen and oxygen atoms in total. The van der Waals surface area contributed by atoms with Crippen LogP contribution < -0.4 is 16.2 Å². The van der Waals surface area contributed by atoms with Crippen LogP contribution in [-0.2, 0) is 23.9 Å². The first-order valence-corrected chi connectivity index (χ1v) is 24.4. The largest absolute Gasteiger partial charge is 0.481 e. The van der Waals surface area contributed by atoms with Crippen LogP contribution in [0.1, 0.15) is 247 Å². The number of carbonyl (C=O) groups excluding carboxylic acids is 3. The SMILES string of the molecule is CCCCCCCCCCCCCCCCCCCC(CC(=O)NNC(=O)CCN1C(=O)C2(CC(C)(C)NC(C)(C)C2)OC12CCCCCCCCCCC2)C(=O)O. The Morgan fingerprint density at radius 3 is 1.52 bits per heavy atom. The standard InChI is InChI=1S/C48H88N4O6/c1-6-7-8-9-10-11-12-13-14-15-16-17-18-20-23-26-29-32-40(43(55)56)37-42(54)50-49-41(53)33-36-52-44(57)47(38-45(2,3)51-46(4,5)39-47)58-48(52)34-30-27-24-21-19-22-25-28-31-35-48/h40,51H,6-39H2,1-5H3,(H,49,53)(H,50,54)(H,55,56). The van der Waals surface area contributed by atoms with Crippen molar-refractivity contribution in [1.29, 1.82) is 0 Å². The lowest BCUT2D eigenvalue weighted by Gasteiger charge is -2.50. The van der Waals surface area contributed by atoms with Gasteiger partial charge in [0.15, 0.2) is 5.60 Å². The molecule has 3 rings (SSSR count). The van der Waals surface area contributed by atoms with Crippen LogP contribution in [0.15, 0.2) is 0 Å². The first-order chi connectivity index (χ1) is 27.7. The molecule has 0 bridgehead atoms. The highest BCUT2D eigenvalue weighted by Crippen LogP contribution is 2.51. The summed E-state index contributed by atoms with van der Waals surface area (Å²) in [6.45, 7) is 11.0. The number of hydrazine groups is 1. The van der Waals surface area contributed by atoms with Crippen LogP contribution in [-0.4, -0.2) is 62.6 Å². The molecular weight excluding hydrogens is 729 g/mol. The van der Waals surface area contributed by atoms with Crippen LogP contribution in [0.25, 0.3) is 0 Å². The van der Waals surface area contributed by atoms with Crippen LogP contribution in [0, 0.1) is 5.92 Å². The van der Waals surface area contributed by atoms with E-state index < -0.39 is 35.0 Å². The number of rotatable bonds is 24. The van der Waals surface area contributed by atoms with Gasteiger partial charge >= 0.3 is 5.97 Å². The average molecular weight is 817 g/mol. The number of amides is 3. The predicted octanol–water partition coefficient (Wildman–Crippen LogP) is 11.2. The minimum atomic E-state index is -0.981. The molecule has 3 fully saturated rings. The molecule has 2 saturated heterocycles. The van der Waals surface area contributed by atoms with Crippen molar-refractivity contribution < 1.29 is 29.0 Å². The monoisotopic (exact) mass is 817 g/mol. The highest BCUT2D eigenvalue weighted by molar-refractivity contribution is 5.89. The summed E-state index contributed by atoms with van der Waals surface area (Å²) in [6, 6.07) is 0. The zero-order chi connectivity index (χ0) is 42.3. The third kappa shape index (κ3) is 18.2. The third-order valence-corrected chi connectivity index (χ3v) is 13.1. The third-order valence-electron chi connectivity index (χ3n) is 13.1. The van der Waals surface area contributed by atoms with E-state index in [4.69, 9.17) is 4.74 Å². The van der Waals surface area contributed by atoms with Crippen molar-refractivity contribution in [2.75, 3.05) is 6.54 Å². The normalized spacial score (nSPS) is 21.0. The molecule has 0 aromatic carbocycles. The Balaban J connectivity index is 1.40. The maximum Gasteiger partial charge on any atom is 0.307 e. The summed E-state index contributed by atoms with van der Waals surface area (Å²) >= 11 is 0. The van der Waals surface area contributed by atoms with Gasteiger partial charge in [-0.05, 0) is 59.8 Å². The van der Waals surface area contributed by atoms with E-state index in [2.05, 4.69) is 50.8 Å². The van der Waals surface area contributed by atoms with Crippen molar-refractivity contribution in [3.05, 3.63) is 0 Å². The van der Waals surface area contributed by atoms with Crippen LogP contribution in [0.3, 0.4) is 0 Å². The molecular formula is C48H88N4O6. The number of hydrogen-bond acceptors (Lipinski definition) is 6. The molecule has 3 aliphatic rings. The van der Waals surface area contributed by atoms with Crippen molar-refractivity contribution in [2.45, 2.75) is 269 Å². The molecule has 1 atom stereocenters. The van der Waals surface area contributed by atoms with Crippen LogP contribution in [0.5, 0.6) is 0 Å². The molecule has 10 heteroatoms. The van der Waals surface area contributed by atoms with Crippen LogP contribution in [0.4, 0.5) is 0 Å². The van der Waals surface area contributed by atoms with Gasteiger partial charge in [-0.25, -0.2) is 0 Å². The Hall–Kier alpha value is -2.20. The summed E-state index contributed by atoms with van der Waals surface area (Å²) in [7, 11) is 0. The number of nitrogens with one attached hydrogen (secondary N) is 3. The van der Waals surface area contributed by atoms with E-state index in [-0.39, 0.29) is 36.4 Å². The number of carboxylic acids is 1. The van der Waals surface area contributed by atoms with Crippen molar-refractivity contribution in [3.63, 3.8) is 0 Å². The Morgan fingerprint density at radius 2 is 1.07 bits per heavy atom.